The molecule has 0 radical (unpaired) electrons. The van der Waals surface area contributed by atoms with Crippen molar-refractivity contribution in [2.75, 3.05) is 6.61 Å². The second kappa shape index (κ2) is 5.40. The number of carboxylic acids is 1. The Kier molecular flexibility index (Phi) is 3.66. The van der Waals surface area contributed by atoms with Crippen LogP contribution in [0.15, 0.2) is 29.8 Å². The van der Waals surface area contributed by atoms with Crippen LogP contribution in [0.5, 0.6) is 5.88 Å². The van der Waals surface area contributed by atoms with Crippen LogP contribution in [0.4, 0.5) is 0 Å². The lowest BCUT2D eigenvalue weighted by Gasteiger charge is -2.05. The summed E-state index contributed by atoms with van der Waals surface area (Å²) in [5, 5.41) is 18.2. The lowest BCUT2D eigenvalue weighted by Crippen LogP contribution is -2.08. The highest BCUT2D eigenvalue weighted by molar-refractivity contribution is 7.09. The third kappa shape index (κ3) is 3.01. The van der Waals surface area contributed by atoms with Crippen molar-refractivity contribution in [2.45, 2.75) is 6.42 Å². The van der Waals surface area contributed by atoms with Crippen molar-refractivity contribution in [1.82, 2.24) is 10.2 Å². The number of nitrogens with zero attached hydrogens (tertiary/aromatic N) is 2. The summed E-state index contributed by atoms with van der Waals surface area (Å²) in [6.45, 7) is 0.388. The molecule has 88 valence electrons. The standard InChI is InChI=1S/C11H10N2O3S/c14-11(15)9-3-5-12-13-10(9)16-6-4-8-2-1-7-17-8/h1-3,5,7H,4,6H2,(H,14,15). The largest absolute Gasteiger partial charge is 0.477 e. The second-order valence-corrected chi connectivity index (χ2v) is 4.27. The van der Waals surface area contributed by atoms with Gasteiger partial charge in [0.1, 0.15) is 5.56 Å². The molecule has 1 N–H and O–H groups in total. The molecule has 2 aromatic heterocycles. The molecule has 17 heavy (non-hydrogen) atoms. The van der Waals surface area contributed by atoms with Crippen molar-refractivity contribution in [2.24, 2.45) is 0 Å². The number of carbonyl (C=O) groups is 1. The van der Waals surface area contributed by atoms with E-state index in [-0.39, 0.29) is 11.4 Å². The van der Waals surface area contributed by atoms with Crippen LogP contribution in [0, 0.1) is 0 Å². The lowest BCUT2D eigenvalue weighted by molar-refractivity contribution is 0.0691. The molecule has 0 unspecified atom stereocenters. The van der Waals surface area contributed by atoms with Gasteiger partial charge in [-0.1, -0.05) is 6.07 Å². The maximum atomic E-state index is 10.9. The molecule has 0 fully saturated rings. The minimum absolute atomic E-state index is 0.0335. The van der Waals surface area contributed by atoms with Gasteiger partial charge in [0.25, 0.3) is 0 Å². The van der Waals surface area contributed by atoms with Gasteiger partial charge in [-0.3, -0.25) is 0 Å². The van der Waals surface area contributed by atoms with Crippen LogP contribution in [0.3, 0.4) is 0 Å². The third-order valence-electron chi connectivity index (χ3n) is 2.08. The minimum atomic E-state index is -1.06. The van der Waals surface area contributed by atoms with Crippen molar-refractivity contribution in [3.63, 3.8) is 0 Å². The predicted molar refractivity (Wildman–Crippen MR) is 62.5 cm³/mol. The molecule has 2 heterocycles. The van der Waals surface area contributed by atoms with Crippen molar-refractivity contribution >= 4 is 17.3 Å². The highest BCUT2D eigenvalue weighted by Gasteiger charge is 2.12. The van der Waals surface area contributed by atoms with E-state index < -0.39 is 5.97 Å². The van der Waals surface area contributed by atoms with Gasteiger partial charge in [0.05, 0.1) is 12.8 Å². The molecular weight excluding hydrogens is 240 g/mol. The number of rotatable bonds is 5. The lowest BCUT2D eigenvalue weighted by atomic mass is 10.3. The molecular formula is C11H10N2O3S. The summed E-state index contributed by atoms with van der Waals surface area (Å²) in [5.41, 5.74) is 0.0335. The van der Waals surface area contributed by atoms with E-state index in [2.05, 4.69) is 10.2 Å². The molecule has 6 heteroatoms. The summed E-state index contributed by atoms with van der Waals surface area (Å²) in [6.07, 6.45) is 2.06. The van der Waals surface area contributed by atoms with E-state index >= 15 is 0 Å². The topological polar surface area (TPSA) is 72.3 Å². The fourth-order valence-electron chi connectivity index (χ4n) is 1.29. The van der Waals surface area contributed by atoms with Crippen LogP contribution in [0.2, 0.25) is 0 Å². The van der Waals surface area contributed by atoms with E-state index in [4.69, 9.17) is 9.84 Å². The van der Waals surface area contributed by atoms with Gasteiger partial charge in [0.2, 0.25) is 5.88 Å². The minimum Gasteiger partial charge on any atom is -0.477 e. The van der Waals surface area contributed by atoms with Gasteiger partial charge in [-0.15, -0.1) is 16.4 Å². The number of carboxylic acid groups (broad SMARTS) is 1. The van der Waals surface area contributed by atoms with Gasteiger partial charge in [-0.25, -0.2) is 4.79 Å². The number of thiophene rings is 1. The van der Waals surface area contributed by atoms with Crippen LogP contribution in [0.25, 0.3) is 0 Å². The molecule has 0 aliphatic carbocycles. The molecule has 0 bridgehead atoms. The summed E-state index contributed by atoms with van der Waals surface area (Å²) >= 11 is 1.64. The number of aromatic carboxylic acids is 1. The zero-order valence-electron chi connectivity index (χ0n) is 8.87. The van der Waals surface area contributed by atoms with Gasteiger partial charge in [-0.05, 0) is 17.5 Å². The first-order valence-electron chi connectivity index (χ1n) is 4.97. The molecule has 2 aromatic rings. The quantitative estimate of drug-likeness (QED) is 0.876. The fourth-order valence-corrected chi connectivity index (χ4v) is 1.98. The Balaban J connectivity index is 1.97. The number of hydrogen-bond donors (Lipinski definition) is 1. The summed E-state index contributed by atoms with van der Waals surface area (Å²) in [6, 6.07) is 5.34. The van der Waals surface area contributed by atoms with E-state index in [1.165, 1.54) is 17.1 Å². The molecule has 0 saturated heterocycles. The monoisotopic (exact) mass is 250 g/mol. The van der Waals surface area contributed by atoms with Crippen molar-refractivity contribution < 1.29 is 14.6 Å². The third-order valence-corrected chi connectivity index (χ3v) is 3.02. The van der Waals surface area contributed by atoms with Gasteiger partial charge in [0.15, 0.2) is 0 Å². The van der Waals surface area contributed by atoms with Crippen LogP contribution in [0.1, 0.15) is 15.2 Å². The van der Waals surface area contributed by atoms with Crippen molar-refractivity contribution in [3.05, 3.63) is 40.2 Å². The Morgan fingerprint density at radius 2 is 2.35 bits per heavy atom. The van der Waals surface area contributed by atoms with Crippen molar-refractivity contribution in [3.8, 4) is 5.88 Å². The second-order valence-electron chi connectivity index (χ2n) is 3.23. The molecule has 0 aliphatic rings. The number of aromatic nitrogens is 2. The maximum absolute atomic E-state index is 10.9. The van der Waals surface area contributed by atoms with E-state index in [9.17, 15) is 4.79 Å². The first-order valence-corrected chi connectivity index (χ1v) is 5.85. The van der Waals surface area contributed by atoms with Crippen molar-refractivity contribution in [1.29, 1.82) is 0 Å². The van der Waals surface area contributed by atoms with E-state index in [0.29, 0.717) is 6.61 Å². The zero-order valence-corrected chi connectivity index (χ0v) is 9.68. The molecule has 5 nitrogen and oxygen atoms in total. The summed E-state index contributed by atoms with van der Waals surface area (Å²) in [4.78, 5) is 12.1. The van der Waals surface area contributed by atoms with Gasteiger partial charge in [-0.2, -0.15) is 5.10 Å². The Hall–Kier alpha value is -1.95. The highest BCUT2D eigenvalue weighted by Crippen LogP contribution is 2.14. The smallest absolute Gasteiger partial charge is 0.341 e. The average Bonchev–Trinajstić information content (AvgIpc) is 2.82. The average molecular weight is 250 g/mol. The first kappa shape index (κ1) is 11.5. The Morgan fingerprint density at radius 1 is 1.47 bits per heavy atom. The first-order chi connectivity index (χ1) is 8.27. The molecule has 0 aliphatic heterocycles. The molecule has 0 atom stereocenters. The van der Waals surface area contributed by atoms with Crippen LogP contribution >= 0.6 is 11.3 Å². The summed E-state index contributed by atoms with van der Waals surface area (Å²) in [7, 11) is 0. The van der Waals surface area contributed by atoms with E-state index in [0.717, 1.165) is 6.42 Å². The maximum Gasteiger partial charge on any atom is 0.341 e. The highest BCUT2D eigenvalue weighted by atomic mass is 32.1. The fraction of sp³-hybridized carbons (Fsp3) is 0.182. The Labute approximate surface area is 102 Å². The normalized spacial score (nSPS) is 10.1. The van der Waals surface area contributed by atoms with Gasteiger partial charge in [0, 0.05) is 11.3 Å². The molecule has 2 rings (SSSR count). The molecule has 0 amide bonds. The molecule has 0 aromatic carbocycles. The van der Waals surface area contributed by atoms with Crippen LogP contribution < -0.4 is 4.74 Å². The Bertz CT molecular complexity index is 499. The van der Waals surface area contributed by atoms with Crippen LogP contribution in [-0.4, -0.2) is 27.9 Å². The van der Waals surface area contributed by atoms with Gasteiger partial charge >= 0.3 is 5.97 Å². The van der Waals surface area contributed by atoms with E-state index in [1.54, 1.807) is 11.3 Å². The van der Waals surface area contributed by atoms with Gasteiger partial charge < -0.3 is 9.84 Å². The summed E-state index contributed by atoms with van der Waals surface area (Å²) < 4.78 is 5.32. The van der Waals surface area contributed by atoms with E-state index in [1.807, 2.05) is 17.5 Å². The SMILES string of the molecule is O=C(O)c1ccnnc1OCCc1cccs1. The number of hydrogen-bond acceptors (Lipinski definition) is 5. The summed E-state index contributed by atoms with van der Waals surface area (Å²) in [5.74, 6) is -0.998. The predicted octanol–water partition coefficient (Wildman–Crippen LogP) is 1.86. The molecule has 0 spiro atoms. The Morgan fingerprint density at radius 3 is 3.06 bits per heavy atom. The zero-order chi connectivity index (χ0) is 12.1. The number of ether oxygens (including phenoxy) is 1. The molecule has 0 saturated carbocycles. The van der Waals surface area contributed by atoms with Crippen LogP contribution in [-0.2, 0) is 6.42 Å².